The minimum absolute atomic E-state index is 0.157. The lowest BCUT2D eigenvalue weighted by atomic mass is 10.4. The molecular weight excluding hydrogens is 196 g/mol. The molecule has 5 nitrogen and oxygen atoms in total. The van der Waals surface area contributed by atoms with Gasteiger partial charge in [-0.3, -0.25) is 4.68 Å². The van der Waals surface area contributed by atoms with Gasteiger partial charge in [0.25, 0.3) is 0 Å². The molecule has 0 unspecified atom stereocenters. The molecule has 0 atom stereocenters. The average Bonchev–Trinajstić information content (AvgIpc) is 2.75. The Hall–Kier alpha value is -2.04. The molecule has 0 saturated carbocycles. The first-order valence-electron chi connectivity index (χ1n) is 4.47. The van der Waals surface area contributed by atoms with Crippen LogP contribution < -0.4 is 0 Å². The van der Waals surface area contributed by atoms with Gasteiger partial charge in [-0.05, 0) is 25.1 Å². The van der Waals surface area contributed by atoms with E-state index in [4.69, 9.17) is 9.52 Å². The number of furan rings is 1. The topological polar surface area (TPSA) is 68.3 Å². The van der Waals surface area contributed by atoms with Crippen molar-refractivity contribution in [2.75, 3.05) is 0 Å². The van der Waals surface area contributed by atoms with Gasteiger partial charge in [-0.2, -0.15) is 5.10 Å². The molecule has 5 heteroatoms. The van der Waals surface area contributed by atoms with Gasteiger partial charge < -0.3 is 9.52 Å². The Morgan fingerprint density at radius 1 is 1.53 bits per heavy atom. The lowest BCUT2D eigenvalue weighted by molar-refractivity contribution is 0.0683. The van der Waals surface area contributed by atoms with Gasteiger partial charge in [0.2, 0.25) is 0 Å². The largest absolute Gasteiger partial charge is 0.477 e. The third-order valence-corrected chi connectivity index (χ3v) is 2.04. The van der Waals surface area contributed by atoms with Crippen LogP contribution in [0, 0.1) is 6.92 Å². The highest BCUT2D eigenvalue weighted by Crippen LogP contribution is 2.09. The van der Waals surface area contributed by atoms with E-state index in [2.05, 4.69) is 5.10 Å². The first kappa shape index (κ1) is 9.51. The summed E-state index contributed by atoms with van der Waals surface area (Å²) in [7, 11) is 0. The van der Waals surface area contributed by atoms with Crippen LogP contribution in [0.2, 0.25) is 0 Å². The number of rotatable bonds is 3. The smallest absolute Gasteiger partial charge is 0.354 e. The van der Waals surface area contributed by atoms with Crippen molar-refractivity contribution in [3.63, 3.8) is 0 Å². The minimum atomic E-state index is -0.990. The van der Waals surface area contributed by atoms with E-state index in [-0.39, 0.29) is 5.69 Å². The van der Waals surface area contributed by atoms with E-state index in [1.807, 2.05) is 19.1 Å². The monoisotopic (exact) mass is 206 g/mol. The standard InChI is InChI=1S/C10H10N2O3/c1-7-2-3-8(15-7)6-12-9(10(13)14)4-5-11-12/h2-5H,6H2,1H3,(H,13,14). The second-order valence-electron chi connectivity index (χ2n) is 3.19. The van der Waals surface area contributed by atoms with Crippen molar-refractivity contribution in [3.8, 4) is 0 Å². The molecule has 2 aromatic rings. The SMILES string of the molecule is Cc1ccc(Cn2nccc2C(=O)O)o1. The third-order valence-electron chi connectivity index (χ3n) is 2.04. The van der Waals surface area contributed by atoms with Gasteiger partial charge in [-0.15, -0.1) is 0 Å². The van der Waals surface area contributed by atoms with Crippen molar-refractivity contribution in [2.45, 2.75) is 13.5 Å². The van der Waals surface area contributed by atoms with Crippen LogP contribution >= 0.6 is 0 Å². The summed E-state index contributed by atoms with van der Waals surface area (Å²) in [6, 6.07) is 5.10. The van der Waals surface area contributed by atoms with Crippen molar-refractivity contribution < 1.29 is 14.3 Å². The van der Waals surface area contributed by atoms with Crippen molar-refractivity contribution in [1.29, 1.82) is 0 Å². The summed E-state index contributed by atoms with van der Waals surface area (Å²) in [4.78, 5) is 10.8. The zero-order valence-corrected chi connectivity index (χ0v) is 8.17. The molecule has 2 aromatic heterocycles. The van der Waals surface area contributed by atoms with Crippen LogP contribution in [0.15, 0.2) is 28.8 Å². The van der Waals surface area contributed by atoms with Gasteiger partial charge >= 0.3 is 5.97 Å². The fourth-order valence-electron chi connectivity index (χ4n) is 1.36. The Morgan fingerprint density at radius 3 is 2.93 bits per heavy atom. The maximum atomic E-state index is 10.8. The van der Waals surface area contributed by atoms with E-state index in [0.29, 0.717) is 12.3 Å². The highest BCUT2D eigenvalue weighted by molar-refractivity contribution is 5.85. The number of nitrogens with zero attached hydrogens (tertiary/aromatic N) is 2. The Labute approximate surface area is 85.9 Å². The van der Waals surface area contributed by atoms with Crippen LogP contribution in [0.4, 0.5) is 0 Å². The molecule has 2 rings (SSSR count). The third kappa shape index (κ3) is 1.90. The summed E-state index contributed by atoms with van der Waals surface area (Å²) >= 11 is 0. The molecule has 78 valence electrons. The molecule has 0 aliphatic carbocycles. The summed E-state index contributed by atoms with van der Waals surface area (Å²) in [6.07, 6.45) is 1.46. The van der Waals surface area contributed by atoms with Gasteiger partial charge in [0.05, 0.1) is 6.54 Å². The Kier molecular flexibility index (Phi) is 2.29. The summed E-state index contributed by atoms with van der Waals surface area (Å²) in [5.41, 5.74) is 0.157. The van der Waals surface area contributed by atoms with Crippen LogP contribution in [0.25, 0.3) is 0 Å². The van der Waals surface area contributed by atoms with Gasteiger partial charge in [-0.1, -0.05) is 0 Å². The first-order chi connectivity index (χ1) is 7.16. The number of aryl methyl sites for hydroxylation is 1. The zero-order valence-electron chi connectivity index (χ0n) is 8.17. The second kappa shape index (κ2) is 3.61. The fourth-order valence-corrected chi connectivity index (χ4v) is 1.36. The zero-order chi connectivity index (χ0) is 10.8. The van der Waals surface area contributed by atoms with Crippen molar-refractivity contribution in [3.05, 3.63) is 41.6 Å². The highest BCUT2D eigenvalue weighted by atomic mass is 16.4. The minimum Gasteiger partial charge on any atom is -0.477 e. The molecule has 0 aromatic carbocycles. The Morgan fingerprint density at radius 2 is 2.33 bits per heavy atom. The van der Waals surface area contributed by atoms with Crippen LogP contribution in [0.1, 0.15) is 22.0 Å². The van der Waals surface area contributed by atoms with E-state index >= 15 is 0 Å². The van der Waals surface area contributed by atoms with E-state index in [9.17, 15) is 4.79 Å². The molecule has 15 heavy (non-hydrogen) atoms. The van der Waals surface area contributed by atoms with Gasteiger partial charge in [0, 0.05) is 6.20 Å². The molecular formula is C10H10N2O3. The predicted octanol–water partition coefficient (Wildman–Crippen LogP) is 1.53. The van der Waals surface area contributed by atoms with Gasteiger partial charge in [0.1, 0.15) is 17.2 Å². The molecule has 0 spiro atoms. The lowest BCUT2D eigenvalue weighted by Gasteiger charge is -2.01. The van der Waals surface area contributed by atoms with Crippen LogP contribution in [-0.4, -0.2) is 20.9 Å². The summed E-state index contributed by atoms with van der Waals surface area (Å²) < 4.78 is 6.73. The number of aromatic nitrogens is 2. The molecule has 1 N–H and O–H groups in total. The maximum Gasteiger partial charge on any atom is 0.354 e. The van der Waals surface area contributed by atoms with Gasteiger partial charge in [0.15, 0.2) is 0 Å². The molecule has 0 bridgehead atoms. The number of carboxylic acid groups (broad SMARTS) is 1. The lowest BCUT2D eigenvalue weighted by Crippen LogP contribution is -2.10. The van der Waals surface area contributed by atoms with Crippen LogP contribution in [0.3, 0.4) is 0 Å². The number of hydrogen-bond acceptors (Lipinski definition) is 3. The van der Waals surface area contributed by atoms with E-state index in [0.717, 1.165) is 5.76 Å². The normalized spacial score (nSPS) is 10.5. The van der Waals surface area contributed by atoms with E-state index < -0.39 is 5.97 Å². The van der Waals surface area contributed by atoms with Crippen LogP contribution in [0.5, 0.6) is 0 Å². The number of carboxylic acids is 1. The molecule has 0 radical (unpaired) electrons. The molecule has 0 aliphatic heterocycles. The second-order valence-corrected chi connectivity index (χ2v) is 3.19. The summed E-state index contributed by atoms with van der Waals surface area (Å²) in [5, 5.41) is 12.8. The quantitative estimate of drug-likeness (QED) is 0.826. The predicted molar refractivity (Wildman–Crippen MR) is 51.7 cm³/mol. The number of carbonyl (C=O) groups is 1. The molecule has 0 amide bonds. The van der Waals surface area contributed by atoms with Crippen molar-refractivity contribution >= 4 is 5.97 Å². The maximum absolute atomic E-state index is 10.8. The molecule has 0 aliphatic rings. The van der Waals surface area contributed by atoms with Crippen LogP contribution in [-0.2, 0) is 6.54 Å². The van der Waals surface area contributed by atoms with Gasteiger partial charge in [-0.25, -0.2) is 4.79 Å². The Balaban J connectivity index is 2.24. The number of aromatic carboxylic acids is 1. The first-order valence-corrected chi connectivity index (χ1v) is 4.47. The van der Waals surface area contributed by atoms with Crippen molar-refractivity contribution in [2.24, 2.45) is 0 Å². The highest BCUT2D eigenvalue weighted by Gasteiger charge is 2.11. The average molecular weight is 206 g/mol. The van der Waals surface area contributed by atoms with E-state index in [1.165, 1.54) is 16.9 Å². The number of hydrogen-bond donors (Lipinski definition) is 1. The molecule has 2 heterocycles. The van der Waals surface area contributed by atoms with Crippen molar-refractivity contribution in [1.82, 2.24) is 9.78 Å². The molecule has 0 fully saturated rings. The summed E-state index contributed by atoms with van der Waals surface area (Å²) in [6.45, 7) is 2.17. The molecule has 0 saturated heterocycles. The Bertz CT molecular complexity index is 484. The summed E-state index contributed by atoms with van der Waals surface area (Å²) in [5.74, 6) is 0.503. The van der Waals surface area contributed by atoms with E-state index in [1.54, 1.807) is 0 Å². The fraction of sp³-hybridized carbons (Fsp3) is 0.200.